The van der Waals surface area contributed by atoms with Crippen LogP contribution in [0.25, 0.3) is 0 Å². The highest BCUT2D eigenvalue weighted by Crippen LogP contribution is 2.21. The van der Waals surface area contributed by atoms with Crippen LogP contribution in [0.15, 0.2) is 42.5 Å². The van der Waals surface area contributed by atoms with Gasteiger partial charge in [0.05, 0.1) is 17.4 Å². The maximum Gasteiger partial charge on any atom is 0.234 e. The minimum atomic E-state index is -0.0518. The molecule has 112 valence electrons. The highest BCUT2D eigenvalue weighted by molar-refractivity contribution is 7.99. The lowest BCUT2D eigenvalue weighted by Crippen LogP contribution is -2.15. The van der Waals surface area contributed by atoms with Gasteiger partial charge >= 0.3 is 0 Å². The molecule has 0 aliphatic carbocycles. The zero-order chi connectivity index (χ0) is 15.9. The van der Waals surface area contributed by atoms with Crippen molar-refractivity contribution in [1.82, 2.24) is 0 Å². The average molecular weight is 331 g/mol. The summed E-state index contributed by atoms with van der Waals surface area (Å²) in [5, 5.41) is 12.2. The van der Waals surface area contributed by atoms with Crippen molar-refractivity contribution in [3.05, 3.63) is 64.2 Å². The molecule has 2 aromatic carbocycles. The number of carbonyl (C=O) groups excluding carboxylic acids is 1. The van der Waals surface area contributed by atoms with Gasteiger partial charge in [0.25, 0.3) is 0 Å². The van der Waals surface area contributed by atoms with Gasteiger partial charge in [0, 0.05) is 16.5 Å². The summed E-state index contributed by atoms with van der Waals surface area (Å²) in [4.78, 5) is 11.9. The second-order valence-electron chi connectivity index (χ2n) is 4.81. The largest absolute Gasteiger partial charge is 0.325 e. The number of rotatable bonds is 5. The predicted octanol–water partition coefficient (Wildman–Crippen LogP) is 4.39. The van der Waals surface area contributed by atoms with Gasteiger partial charge in [-0.3, -0.25) is 4.79 Å². The van der Waals surface area contributed by atoms with E-state index in [-0.39, 0.29) is 5.91 Å². The van der Waals surface area contributed by atoms with Crippen molar-refractivity contribution >= 4 is 35.0 Å². The first-order valence-electron chi connectivity index (χ1n) is 6.71. The van der Waals surface area contributed by atoms with E-state index in [2.05, 4.69) is 11.4 Å². The molecule has 22 heavy (non-hydrogen) atoms. The Kier molecular flexibility index (Phi) is 5.88. The van der Waals surface area contributed by atoms with Gasteiger partial charge in [-0.1, -0.05) is 29.8 Å². The van der Waals surface area contributed by atoms with Crippen LogP contribution in [-0.2, 0) is 10.5 Å². The van der Waals surface area contributed by atoms with Crippen molar-refractivity contribution in [3.8, 4) is 6.07 Å². The van der Waals surface area contributed by atoms with Gasteiger partial charge in [0.15, 0.2) is 0 Å². The van der Waals surface area contributed by atoms with Crippen LogP contribution in [0.1, 0.15) is 16.7 Å². The lowest BCUT2D eigenvalue weighted by molar-refractivity contribution is -0.113. The number of amides is 1. The van der Waals surface area contributed by atoms with E-state index in [0.717, 1.165) is 22.6 Å². The number of anilines is 1. The fourth-order valence-corrected chi connectivity index (χ4v) is 2.81. The standard InChI is InChI=1S/C17H15ClN2OS/c1-12-2-7-15(18)8-16(12)20-17(21)11-22-10-14-5-3-13(9-19)4-6-14/h2-8H,10-11H2,1H3,(H,20,21). The number of aryl methyl sites for hydroxylation is 1. The van der Waals surface area contributed by atoms with Gasteiger partial charge in [0.1, 0.15) is 0 Å². The number of benzene rings is 2. The van der Waals surface area contributed by atoms with E-state index in [1.165, 1.54) is 11.8 Å². The molecule has 3 nitrogen and oxygen atoms in total. The molecule has 0 aliphatic rings. The molecule has 0 heterocycles. The van der Waals surface area contributed by atoms with Crippen LogP contribution in [0.5, 0.6) is 0 Å². The summed E-state index contributed by atoms with van der Waals surface area (Å²) in [6.45, 7) is 1.93. The molecule has 0 spiro atoms. The third-order valence-electron chi connectivity index (χ3n) is 3.06. The quantitative estimate of drug-likeness (QED) is 0.884. The Hall–Kier alpha value is -1.96. The number of hydrogen-bond donors (Lipinski definition) is 1. The number of nitriles is 1. The van der Waals surface area contributed by atoms with Crippen LogP contribution in [0, 0.1) is 18.3 Å². The summed E-state index contributed by atoms with van der Waals surface area (Å²) in [7, 11) is 0. The first-order chi connectivity index (χ1) is 10.6. The molecule has 0 saturated carbocycles. The molecule has 0 aliphatic heterocycles. The SMILES string of the molecule is Cc1ccc(Cl)cc1NC(=O)CSCc1ccc(C#N)cc1. The number of nitrogens with one attached hydrogen (secondary N) is 1. The van der Waals surface area contributed by atoms with Crippen molar-refractivity contribution < 1.29 is 4.79 Å². The third kappa shape index (κ3) is 4.80. The Labute approximate surface area is 139 Å². The maximum atomic E-state index is 11.9. The molecule has 0 radical (unpaired) electrons. The molecular weight excluding hydrogens is 316 g/mol. The number of hydrogen-bond acceptors (Lipinski definition) is 3. The van der Waals surface area contributed by atoms with Crippen LogP contribution in [0.3, 0.4) is 0 Å². The molecule has 0 aromatic heterocycles. The van der Waals surface area contributed by atoms with Crippen molar-refractivity contribution in [2.24, 2.45) is 0 Å². The fourth-order valence-electron chi connectivity index (χ4n) is 1.85. The molecule has 1 amide bonds. The van der Waals surface area contributed by atoms with E-state index in [1.807, 2.05) is 25.1 Å². The molecule has 0 unspecified atom stereocenters. The second kappa shape index (κ2) is 7.88. The summed E-state index contributed by atoms with van der Waals surface area (Å²) in [6.07, 6.45) is 0. The zero-order valence-electron chi connectivity index (χ0n) is 12.1. The molecule has 0 atom stereocenters. The van der Waals surface area contributed by atoms with Gasteiger partial charge in [-0.25, -0.2) is 0 Å². The Morgan fingerprint density at radius 3 is 2.68 bits per heavy atom. The topological polar surface area (TPSA) is 52.9 Å². The number of halogens is 1. The van der Waals surface area contributed by atoms with E-state index in [0.29, 0.717) is 16.3 Å². The number of nitrogens with zero attached hydrogens (tertiary/aromatic N) is 1. The van der Waals surface area contributed by atoms with E-state index in [9.17, 15) is 4.79 Å². The Balaban J connectivity index is 1.82. The second-order valence-corrected chi connectivity index (χ2v) is 6.23. The predicted molar refractivity (Wildman–Crippen MR) is 92.1 cm³/mol. The van der Waals surface area contributed by atoms with Crippen molar-refractivity contribution in [2.45, 2.75) is 12.7 Å². The molecule has 0 bridgehead atoms. The number of thioether (sulfide) groups is 1. The first-order valence-corrected chi connectivity index (χ1v) is 8.24. The number of carbonyl (C=O) groups is 1. The summed E-state index contributed by atoms with van der Waals surface area (Å²) in [6, 6.07) is 14.9. The van der Waals surface area contributed by atoms with Gasteiger partial charge in [-0.2, -0.15) is 5.26 Å². The summed E-state index contributed by atoms with van der Waals surface area (Å²) in [5.74, 6) is 1.04. The van der Waals surface area contributed by atoms with Gasteiger partial charge in [-0.15, -0.1) is 11.8 Å². The molecule has 5 heteroatoms. The molecule has 2 aromatic rings. The lowest BCUT2D eigenvalue weighted by atomic mass is 10.2. The monoisotopic (exact) mass is 330 g/mol. The summed E-state index contributed by atoms with van der Waals surface area (Å²) >= 11 is 7.46. The lowest BCUT2D eigenvalue weighted by Gasteiger charge is -2.08. The zero-order valence-corrected chi connectivity index (χ0v) is 13.7. The highest BCUT2D eigenvalue weighted by atomic mass is 35.5. The normalized spacial score (nSPS) is 10.0. The third-order valence-corrected chi connectivity index (χ3v) is 4.30. The van der Waals surface area contributed by atoms with Crippen LogP contribution in [0.4, 0.5) is 5.69 Å². The molecule has 2 rings (SSSR count). The van der Waals surface area contributed by atoms with Crippen molar-refractivity contribution in [3.63, 3.8) is 0 Å². The van der Waals surface area contributed by atoms with E-state index < -0.39 is 0 Å². The molecular formula is C17H15ClN2OS. The fraction of sp³-hybridized carbons (Fsp3) is 0.176. The Morgan fingerprint density at radius 2 is 2.00 bits per heavy atom. The molecule has 0 fully saturated rings. The molecule has 1 N–H and O–H groups in total. The van der Waals surface area contributed by atoms with Gasteiger partial charge < -0.3 is 5.32 Å². The minimum absolute atomic E-state index is 0.0518. The molecule has 0 saturated heterocycles. The highest BCUT2D eigenvalue weighted by Gasteiger charge is 2.06. The minimum Gasteiger partial charge on any atom is -0.325 e. The van der Waals surface area contributed by atoms with E-state index in [4.69, 9.17) is 16.9 Å². The Bertz CT molecular complexity index is 708. The van der Waals surface area contributed by atoms with E-state index in [1.54, 1.807) is 24.3 Å². The van der Waals surface area contributed by atoms with Crippen LogP contribution < -0.4 is 5.32 Å². The first kappa shape index (κ1) is 16.4. The summed E-state index contributed by atoms with van der Waals surface area (Å²) in [5.41, 5.74) is 3.46. The smallest absolute Gasteiger partial charge is 0.234 e. The van der Waals surface area contributed by atoms with E-state index >= 15 is 0 Å². The Morgan fingerprint density at radius 1 is 1.27 bits per heavy atom. The van der Waals surface area contributed by atoms with Crippen LogP contribution in [0.2, 0.25) is 5.02 Å². The van der Waals surface area contributed by atoms with Crippen LogP contribution in [-0.4, -0.2) is 11.7 Å². The van der Waals surface area contributed by atoms with Gasteiger partial charge in [0.2, 0.25) is 5.91 Å². The average Bonchev–Trinajstić information content (AvgIpc) is 2.51. The summed E-state index contributed by atoms with van der Waals surface area (Å²) < 4.78 is 0. The maximum absolute atomic E-state index is 11.9. The van der Waals surface area contributed by atoms with Crippen LogP contribution >= 0.6 is 23.4 Å². The van der Waals surface area contributed by atoms with Crippen molar-refractivity contribution in [1.29, 1.82) is 5.26 Å². The van der Waals surface area contributed by atoms with Crippen molar-refractivity contribution in [2.75, 3.05) is 11.1 Å². The van der Waals surface area contributed by atoms with Gasteiger partial charge in [-0.05, 0) is 42.3 Å².